The van der Waals surface area contributed by atoms with Crippen LogP contribution >= 0.6 is 15.9 Å². The molecule has 0 aliphatic rings. The molecule has 0 aliphatic heterocycles. The first-order chi connectivity index (χ1) is 9.13. The summed E-state index contributed by atoms with van der Waals surface area (Å²) < 4.78 is 0. The Hall–Kier alpha value is -0.870. The average Bonchev–Trinajstić information content (AvgIpc) is 2.39. The van der Waals surface area contributed by atoms with Gasteiger partial charge in [-0.3, -0.25) is 4.79 Å². The number of nitrogens with zero attached hydrogens (tertiary/aromatic N) is 1. The van der Waals surface area contributed by atoms with Gasteiger partial charge in [-0.25, -0.2) is 0 Å². The Morgan fingerprint density at radius 1 is 1.26 bits per heavy atom. The van der Waals surface area contributed by atoms with Crippen LogP contribution in [-0.2, 0) is 4.79 Å². The third-order valence-corrected chi connectivity index (χ3v) is 3.43. The molecule has 1 amide bonds. The third-order valence-electron chi connectivity index (χ3n) is 2.87. The van der Waals surface area contributed by atoms with Crippen LogP contribution in [0.1, 0.15) is 30.9 Å². The number of likely N-dealkylation sites (N-methyl/N-ethyl adjacent to an activating group) is 1. The molecule has 1 aromatic carbocycles. The van der Waals surface area contributed by atoms with Gasteiger partial charge in [-0.05, 0) is 32.5 Å². The van der Waals surface area contributed by atoms with Crippen LogP contribution in [0, 0.1) is 0 Å². The van der Waals surface area contributed by atoms with Crippen LogP contribution in [0.4, 0.5) is 0 Å². The number of carbonyl (C=O) groups excluding carboxylic acids is 1. The van der Waals surface area contributed by atoms with Gasteiger partial charge >= 0.3 is 0 Å². The largest absolute Gasteiger partial charge is 0.348 e. The molecule has 0 aromatic heterocycles. The summed E-state index contributed by atoms with van der Waals surface area (Å²) >= 11 is 3.38. The fourth-order valence-corrected chi connectivity index (χ4v) is 2.33. The van der Waals surface area contributed by atoms with E-state index < -0.39 is 0 Å². The van der Waals surface area contributed by atoms with Crippen LogP contribution in [0.25, 0.3) is 0 Å². The number of hydrogen-bond donors (Lipinski definition) is 1. The molecule has 19 heavy (non-hydrogen) atoms. The number of rotatable bonds is 8. The number of halogens is 1. The fourth-order valence-electron chi connectivity index (χ4n) is 1.93. The second-order valence-corrected chi connectivity index (χ2v) is 5.73. The van der Waals surface area contributed by atoms with E-state index in [1.165, 1.54) is 0 Å². The summed E-state index contributed by atoms with van der Waals surface area (Å²) in [6, 6.07) is 10.2. The van der Waals surface area contributed by atoms with Crippen molar-refractivity contribution >= 4 is 21.8 Å². The number of benzene rings is 1. The molecule has 0 heterocycles. The van der Waals surface area contributed by atoms with Crippen LogP contribution in [0.15, 0.2) is 30.3 Å². The first-order valence-electron chi connectivity index (χ1n) is 6.68. The Kier molecular flexibility index (Phi) is 7.75. The summed E-state index contributed by atoms with van der Waals surface area (Å²) in [5.74, 6) is 0.136. The number of amides is 1. The Morgan fingerprint density at radius 3 is 2.53 bits per heavy atom. The van der Waals surface area contributed by atoms with E-state index >= 15 is 0 Å². The Labute approximate surface area is 124 Å². The summed E-state index contributed by atoms with van der Waals surface area (Å²) in [5, 5.41) is 4.09. The molecule has 0 aliphatic carbocycles. The average molecular weight is 327 g/mol. The van der Waals surface area contributed by atoms with Crippen molar-refractivity contribution in [1.29, 1.82) is 0 Å². The molecule has 1 rings (SSSR count). The summed E-state index contributed by atoms with van der Waals surface area (Å²) in [6.45, 7) is 0.814. The van der Waals surface area contributed by atoms with E-state index in [9.17, 15) is 4.79 Å². The van der Waals surface area contributed by atoms with Gasteiger partial charge in [0.25, 0.3) is 0 Å². The number of carbonyl (C=O) groups is 1. The minimum Gasteiger partial charge on any atom is -0.348 e. The minimum atomic E-state index is 0.0627. The molecule has 1 N–H and O–H groups in total. The quantitative estimate of drug-likeness (QED) is 0.588. The van der Waals surface area contributed by atoms with Crippen LogP contribution in [-0.4, -0.2) is 36.8 Å². The maximum atomic E-state index is 11.9. The zero-order valence-electron chi connectivity index (χ0n) is 11.7. The summed E-state index contributed by atoms with van der Waals surface area (Å²) in [6.07, 6.45) is 2.57. The van der Waals surface area contributed by atoms with E-state index in [4.69, 9.17) is 0 Å². The lowest BCUT2D eigenvalue weighted by Crippen LogP contribution is -2.35. The van der Waals surface area contributed by atoms with Gasteiger partial charge in [-0.15, -0.1) is 0 Å². The van der Waals surface area contributed by atoms with E-state index in [-0.39, 0.29) is 11.9 Å². The monoisotopic (exact) mass is 326 g/mol. The zero-order chi connectivity index (χ0) is 14.1. The predicted octanol–water partition coefficient (Wildman–Crippen LogP) is 2.97. The van der Waals surface area contributed by atoms with Crippen LogP contribution in [0.2, 0.25) is 0 Å². The van der Waals surface area contributed by atoms with Crippen molar-refractivity contribution in [1.82, 2.24) is 10.2 Å². The van der Waals surface area contributed by atoms with Crippen molar-refractivity contribution in [2.75, 3.05) is 26.0 Å². The highest BCUT2D eigenvalue weighted by Gasteiger charge is 2.14. The number of alkyl halides is 1. The van der Waals surface area contributed by atoms with Crippen molar-refractivity contribution in [3.63, 3.8) is 0 Å². The highest BCUT2D eigenvalue weighted by molar-refractivity contribution is 9.09. The van der Waals surface area contributed by atoms with Crippen LogP contribution in [0.5, 0.6) is 0 Å². The SMILES string of the molecule is CN(C)CC(NC(=O)CCCCBr)c1ccccc1. The molecule has 1 aromatic rings. The molecular formula is C15H23BrN2O. The molecule has 3 nitrogen and oxygen atoms in total. The van der Waals surface area contributed by atoms with Gasteiger partial charge in [0, 0.05) is 18.3 Å². The number of hydrogen-bond acceptors (Lipinski definition) is 2. The number of nitrogens with one attached hydrogen (secondary N) is 1. The van der Waals surface area contributed by atoms with E-state index in [0.29, 0.717) is 6.42 Å². The smallest absolute Gasteiger partial charge is 0.220 e. The molecule has 1 unspecified atom stereocenters. The highest BCUT2D eigenvalue weighted by Crippen LogP contribution is 2.13. The number of unbranched alkanes of at least 4 members (excludes halogenated alkanes) is 1. The van der Waals surface area contributed by atoms with Gasteiger partial charge in [0.2, 0.25) is 5.91 Å². The van der Waals surface area contributed by atoms with Crippen LogP contribution < -0.4 is 5.32 Å². The lowest BCUT2D eigenvalue weighted by atomic mass is 10.1. The van der Waals surface area contributed by atoms with Gasteiger partial charge in [-0.2, -0.15) is 0 Å². The molecule has 0 saturated carbocycles. The topological polar surface area (TPSA) is 32.3 Å². The summed E-state index contributed by atoms with van der Waals surface area (Å²) in [5.41, 5.74) is 1.16. The van der Waals surface area contributed by atoms with E-state index in [0.717, 1.165) is 30.3 Å². The molecule has 0 saturated heterocycles. The summed E-state index contributed by atoms with van der Waals surface area (Å²) in [4.78, 5) is 14.0. The van der Waals surface area contributed by atoms with Crippen molar-refractivity contribution < 1.29 is 4.79 Å². The van der Waals surface area contributed by atoms with Crippen molar-refractivity contribution in [2.45, 2.75) is 25.3 Å². The Balaban J connectivity index is 2.57. The molecule has 1 atom stereocenters. The van der Waals surface area contributed by atoms with Crippen LogP contribution in [0.3, 0.4) is 0 Å². The third kappa shape index (κ3) is 6.73. The predicted molar refractivity (Wildman–Crippen MR) is 83.5 cm³/mol. The Morgan fingerprint density at radius 2 is 1.95 bits per heavy atom. The van der Waals surface area contributed by atoms with Gasteiger partial charge in [-0.1, -0.05) is 46.3 Å². The van der Waals surface area contributed by atoms with E-state index in [1.807, 2.05) is 32.3 Å². The van der Waals surface area contributed by atoms with E-state index in [2.05, 4.69) is 38.3 Å². The van der Waals surface area contributed by atoms with E-state index in [1.54, 1.807) is 0 Å². The van der Waals surface area contributed by atoms with Gasteiger partial charge < -0.3 is 10.2 Å². The maximum Gasteiger partial charge on any atom is 0.220 e. The van der Waals surface area contributed by atoms with Gasteiger partial charge in [0.1, 0.15) is 0 Å². The molecule has 4 heteroatoms. The molecular weight excluding hydrogens is 304 g/mol. The van der Waals surface area contributed by atoms with Crippen molar-refractivity contribution in [3.05, 3.63) is 35.9 Å². The zero-order valence-corrected chi connectivity index (χ0v) is 13.3. The first-order valence-corrected chi connectivity index (χ1v) is 7.80. The molecule has 0 spiro atoms. The van der Waals surface area contributed by atoms with Gasteiger partial charge in [0.15, 0.2) is 0 Å². The molecule has 0 fully saturated rings. The standard InChI is InChI=1S/C15H23BrN2O/c1-18(2)12-14(13-8-4-3-5-9-13)17-15(19)10-6-7-11-16/h3-5,8-9,14H,6-7,10-12H2,1-2H3,(H,17,19). The lowest BCUT2D eigenvalue weighted by Gasteiger charge is -2.23. The lowest BCUT2D eigenvalue weighted by molar-refractivity contribution is -0.122. The highest BCUT2D eigenvalue weighted by atomic mass is 79.9. The minimum absolute atomic E-state index is 0.0627. The molecule has 106 valence electrons. The maximum absolute atomic E-state index is 11.9. The van der Waals surface area contributed by atoms with Crippen molar-refractivity contribution in [3.8, 4) is 0 Å². The molecule has 0 bridgehead atoms. The molecule has 0 radical (unpaired) electrons. The summed E-state index contributed by atoms with van der Waals surface area (Å²) in [7, 11) is 4.04. The second kappa shape index (κ2) is 9.10. The Bertz CT molecular complexity index is 368. The first kappa shape index (κ1) is 16.2. The van der Waals surface area contributed by atoms with Gasteiger partial charge in [0.05, 0.1) is 6.04 Å². The normalized spacial score (nSPS) is 12.4. The fraction of sp³-hybridized carbons (Fsp3) is 0.533. The van der Waals surface area contributed by atoms with Crippen molar-refractivity contribution in [2.24, 2.45) is 0 Å². The second-order valence-electron chi connectivity index (χ2n) is 4.94.